The van der Waals surface area contributed by atoms with E-state index in [1.54, 1.807) is 12.4 Å². The zero-order chi connectivity index (χ0) is 15.7. The van der Waals surface area contributed by atoms with E-state index in [1.165, 1.54) is 25.7 Å². The molecule has 0 radical (unpaired) electrons. The highest BCUT2D eigenvalue weighted by Crippen LogP contribution is 2.56. The first-order chi connectivity index (χ1) is 10.6. The van der Waals surface area contributed by atoms with Gasteiger partial charge >= 0.3 is 0 Å². The van der Waals surface area contributed by atoms with Crippen LogP contribution in [0.25, 0.3) is 0 Å². The maximum Gasteiger partial charge on any atom is 0.274 e. The van der Waals surface area contributed by atoms with Gasteiger partial charge in [0, 0.05) is 31.3 Å². The molecule has 5 nitrogen and oxygen atoms in total. The number of rotatable bonds is 4. The van der Waals surface area contributed by atoms with E-state index >= 15 is 0 Å². The van der Waals surface area contributed by atoms with Crippen LogP contribution in [0.2, 0.25) is 0 Å². The van der Waals surface area contributed by atoms with Crippen molar-refractivity contribution in [1.82, 2.24) is 14.9 Å². The summed E-state index contributed by atoms with van der Waals surface area (Å²) >= 11 is 0. The van der Waals surface area contributed by atoms with Gasteiger partial charge in [0.25, 0.3) is 5.91 Å². The molecule has 1 aromatic heterocycles. The normalized spacial score (nSPS) is 26.0. The number of aromatic nitrogens is 2. The van der Waals surface area contributed by atoms with Gasteiger partial charge in [-0.3, -0.25) is 9.78 Å². The summed E-state index contributed by atoms with van der Waals surface area (Å²) in [5, 5.41) is 0. The standard InChI is InChI=1S/C17H25N3O2/c1-4-22-15-9-14(17(15)7-5-6-8-17)20(3)16(21)13-11-18-12(2)10-19-13/h10-11,14-15H,4-9H2,1-3H3/t14-,15+/m1/s1. The van der Waals surface area contributed by atoms with Crippen LogP contribution in [0.1, 0.15) is 55.2 Å². The fourth-order valence-corrected chi connectivity index (χ4v) is 4.22. The minimum Gasteiger partial charge on any atom is -0.378 e. The van der Waals surface area contributed by atoms with E-state index < -0.39 is 0 Å². The van der Waals surface area contributed by atoms with Crippen LogP contribution in [0.4, 0.5) is 0 Å². The molecule has 2 saturated carbocycles. The van der Waals surface area contributed by atoms with E-state index in [0.717, 1.165) is 18.7 Å². The Labute approximate surface area is 132 Å². The average Bonchev–Trinajstić information content (AvgIpc) is 3.03. The zero-order valence-corrected chi connectivity index (χ0v) is 13.7. The first-order valence-electron chi connectivity index (χ1n) is 8.26. The molecule has 22 heavy (non-hydrogen) atoms. The summed E-state index contributed by atoms with van der Waals surface area (Å²) in [6.45, 7) is 4.67. The van der Waals surface area contributed by atoms with E-state index in [2.05, 4.69) is 9.97 Å². The fourth-order valence-electron chi connectivity index (χ4n) is 4.22. The van der Waals surface area contributed by atoms with Crippen LogP contribution in [0.15, 0.2) is 12.4 Å². The highest BCUT2D eigenvalue weighted by molar-refractivity contribution is 5.92. The molecule has 0 N–H and O–H groups in total. The number of aryl methyl sites for hydroxylation is 1. The third-order valence-electron chi connectivity index (χ3n) is 5.43. The van der Waals surface area contributed by atoms with Crippen molar-refractivity contribution in [2.75, 3.05) is 13.7 Å². The molecule has 0 aliphatic heterocycles. The molecule has 0 bridgehead atoms. The molecular formula is C17H25N3O2. The highest BCUT2D eigenvalue weighted by Gasteiger charge is 2.58. The zero-order valence-electron chi connectivity index (χ0n) is 13.7. The van der Waals surface area contributed by atoms with Crippen LogP contribution in [0.3, 0.4) is 0 Å². The first-order valence-corrected chi connectivity index (χ1v) is 8.26. The third kappa shape index (κ3) is 2.41. The number of ether oxygens (including phenoxy) is 1. The van der Waals surface area contributed by atoms with E-state index in [9.17, 15) is 4.79 Å². The van der Waals surface area contributed by atoms with Gasteiger partial charge in [-0.15, -0.1) is 0 Å². The molecule has 1 spiro atoms. The Bertz CT molecular complexity index is 537. The molecule has 1 heterocycles. The van der Waals surface area contributed by atoms with Gasteiger partial charge in [-0.1, -0.05) is 12.8 Å². The molecule has 120 valence electrons. The minimum absolute atomic E-state index is 0.0290. The van der Waals surface area contributed by atoms with Crippen molar-refractivity contribution in [2.45, 2.75) is 58.1 Å². The Morgan fingerprint density at radius 3 is 2.68 bits per heavy atom. The lowest BCUT2D eigenvalue weighted by molar-refractivity contribution is -0.152. The van der Waals surface area contributed by atoms with Gasteiger partial charge in [-0.2, -0.15) is 0 Å². The topological polar surface area (TPSA) is 55.3 Å². The molecule has 2 aliphatic rings. The quantitative estimate of drug-likeness (QED) is 0.858. The van der Waals surface area contributed by atoms with Crippen LogP contribution < -0.4 is 0 Å². The van der Waals surface area contributed by atoms with Gasteiger partial charge in [-0.25, -0.2) is 4.98 Å². The molecule has 0 aromatic carbocycles. The number of carbonyl (C=O) groups excluding carboxylic acids is 1. The van der Waals surface area contributed by atoms with Gasteiger partial charge in [0.1, 0.15) is 5.69 Å². The second-order valence-electron chi connectivity index (χ2n) is 6.59. The van der Waals surface area contributed by atoms with Crippen molar-refractivity contribution >= 4 is 5.91 Å². The molecule has 2 atom stereocenters. The van der Waals surface area contributed by atoms with E-state index in [4.69, 9.17) is 4.74 Å². The molecule has 0 saturated heterocycles. The van der Waals surface area contributed by atoms with Crippen LogP contribution >= 0.6 is 0 Å². The van der Waals surface area contributed by atoms with Crippen molar-refractivity contribution in [3.63, 3.8) is 0 Å². The number of hydrogen-bond donors (Lipinski definition) is 0. The van der Waals surface area contributed by atoms with Gasteiger partial charge in [0.15, 0.2) is 0 Å². The van der Waals surface area contributed by atoms with E-state index in [1.807, 2.05) is 25.8 Å². The predicted molar refractivity (Wildman–Crippen MR) is 83.6 cm³/mol. The van der Waals surface area contributed by atoms with Crippen molar-refractivity contribution < 1.29 is 9.53 Å². The van der Waals surface area contributed by atoms with Gasteiger partial charge in [0.05, 0.1) is 18.0 Å². The summed E-state index contributed by atoms with van der Waals surface area (Å²) in [6, 6.07) is 0.266. The van der Waals surface area contributed by atoms with E-state index in [-0.39, 0.29) is 17.4 Å². The molecule has 1 amide bonds. The summed E-state index contributed by atoms with van der Waals surface area (Å²) in [7, 11) is 1.90. The first kappa shape index (κ1) is 15.4. The molecule has 5 heteroatoms. The second-order valence-corrected chi connectivity index (χ2v) is 6.59. The molecule has 2 aliphatic carbocycles. The number of amides is 1. The Kier molecular flexibility index (Phi) is 4.17. The van der Waals surface area contributed by atoms with Crippen molar-refractivity contribution in [1.29, 1.82) is 0 Å². The summed E-state index contributed by atoms with van der Waals surface area (Å²) in [5.41, 5.74) is 1.42. The Morgan fingerprint density at radius 2 is 2.09 bits per heavy atom. The Morgan fingerprint density at radius 1 is 1.36 bits per heavy atom. The summed E-state index contributed by atoms with van der Waals surface area (Å²) < 4.78 is 5.93. The predicted octanol–water partition coefficient (Wildman–Crippen LogP) is 2.59. The van der Waals surface area contributed by atoms with Gasteiger partial charge < -0.3 is 9.64 Å². The van der Waals surface area contributed by atoms with Crippen LogP contribution in [-0.4, -0.2) is 46.6 Å². The monoisotopic (exact) mass is 303 g/mol. The lowest BCUT2D eigenvalue weighted by Crippen LogP contribution is -2.64. The Hall–Kier alpha value is -1.49. The maximum atomic E-state index is 12.7. The smallest absolute Gasteiger partial charge is 0.274 e. The molecule has 3 rings (SSSR count). The van der Waals surface area contributed by atoms with Gasteiger partial charge in [-0.05, 0) is 33.1 Å². The lowest BCUT2D eigenvalue weighted by atomic mass is 9.60. The van der Waals surface area contributed by atoms with Crippen molar-refractivity contribution in [3.05, 3.63) is 23.8 Å². The largest absolute Gasteiger partial charge is 0.378 e. The lowest BCUT2D eigenvalue weighted by Gasteiger charge is -2.56. The minimum atomic E-state index is -0.0290. The van der Waals surface area contributed by atoms with Crippen LogP contribution in [0.5, 0.6) is 0 Å². The third-order valence-corrected chi connectivity index (χ3v) is 5.43. The molecule has 1 aromatic rings. The molecular weight excluding hydrogens is 278 g/mol. The molecule has 2 fully saturated rings. The second kappa shape index (κ2) is 5.95. The highest BCUT2D eigenvalue weighted by atomic mass is 16.5. The number of nitrogens with zero attached hydrogens (tertiary/aromatic N) is 3. The summed E-state index contributed by atoms with van der Waals surface area (Å²) in [5.74, 6) is -0.0290. The maximum absolute atomic E-state index is 12.7. The molecule has 0 unspecified atom stereocenters. The van der Waals surface area contributed by atoms with Crippen molar-refractivity contribution in [2.24, 2.45) is 5.41 Å². The Balaban J connectivity index is 1.75. The van der Waals surface area contributed by atoms with Crippen LogP contribution in [-0.2, 0) is 4.74 Å². The number of hydrogen-bond acceptors (Lipinski definition) is 4. The average molecular weight is 303 g/mol. The van der Waals surface area contributed by atoms with E-state index in [0.29, 0.717) is 11.8 Å². The summed E-state index contributed by atoms with van der Waals surface area (Å²) in [6.07, 6.45) is 9.29. The van der Waals surface area contributed by atoms with Crippen LogP contribution in [0, 0.1) is 12.3 Å². The van der Waals surface area contributed by atoms with Gasteiger partial charge in [0.2, 0.25) is 0 Å². The van der Waals surface area contributed by atoms with Crippen molar-refractivity contribution in [3.8, 4) is 0 Å². The SMILES string of the molecule is CCO[C@H]1C[C@@H](N(C)C(=O)c2cnc(C)cn2)C12CCCC2. The number of carbonyl (C=O) groups is 1. The fraction of sp³-hybridized carbons (Fsp3) is 0.706. The summed E-state index contributed by atoms with van der Waals surface area (Å²) in [4.78, 5) is 23.0.